The molecule has 1 aliphatic heterocycles. The standard InChI is InChI=1S/C7H17N3O4S2/c1-7(2)5-6(15(8,11)12)3-4-10(7)16(9,13)14/h6H,3-5H2,1-2H3,(H2,8,11,12)(H2,9,13,14). The summed E-state index contributed by atoms with van der Waals surface area (Å²) in [7, 11) is -7.43. The Morgan fingerprint density at radius 1 is 1.19 bits per heavy atom. The molecule has 1 saturated heterocycles. The zero-order chi connectivity index (χ0) is 12.8. The van der Waals surface area contributed by atoms with Gasteiger partial charge in [0.15, 0.2) is 0 Å². The molecule has 16 heavy (non-hydrogen) atoms. The van der Waals surface area contributed by atoms with Gasteiger partial charge in [-0.05, 0) is 26.7 Å². The summed E-state index contributed by atoms with van der Waals surface area (Å²) >= 11 is 0. The van der Waals surface area contributed by atoms with Crippen LogP contribution < -0.4 is 10.3 Å². The van der Waals surface area contributed by atoms with Crippen LogP contribution in [0.25, 0.3) is 0 Å². The number of hydrogen-bond acceptors (Lipinski definition) is 4. The van der Waals surface area contributed by atoms with Crippen LogP contribution >= 0.6 is 0 Å². The first-order valence-electron chi connectivity index (χ1n) is 4.77. The summed E-state index contributed by atoms with van der Waals surface area (Å²) in [5.41, 5.74) is -0.830. The highest BCUT2D eigenvalue weighted by Crippen LogP contribution is 2.31. The minimum Gasteiger partial charge on any atom is -0.228 e. The van der Waals surface area contributed by atoms with Crippen molar-refractivity contribution in [2.75, 3.05) is 6.54 Å². The topological polar surface area (TPSA) is 124 Å². The number of hydrogen-bond donors (Lipinski definition) is 2. The minimum absolute atomic E-state index is 0.0763. The number of piperidine rings is 1. The molecule has 0 aliphatic carbocycles. The molecule has 1 heterocycles. The molecule has 1 aliphatic rings. The van der Waals surface area contributed by atoms with Gasteiger partial charge in [-0.3, -0.25) is 0 Å². The van der Waals surface area contributed by atoms with E-state index in [1.807, 2.05) is 0 Å². The van der Waals surface area contributed by atoms with Gasteiger partial charge in [0.25, 0.3) is 10.2 Å². The van der Waals surface area contributed by atoms with Gasteiger partial charge >= 0.3 is 0 Å². The van der Waals surface area contributed by atoms with Crippen molar-refractivity contribution in [2.24, 2.45) is 10.3 Å². The largest absolute Gasteiger partial charge is 0.277 e. The highest BCUT2D eigenvalue weighted by molar-refractivity contribution is 7.89. The van der Waals surface area contributed by atoms with Crippen LogP contribution in [0.1, 0.15) is 26.7 Å². The predicted octanol–water partition coefficient (Wildman–Crippen LogP) is -1.28. The van der Waals surface area contributed by atoms with Crippen molar-refractivity contribution >= 4 is 20.2 Å². The first kappa shape index (κ1) is 13.8. The molecule has 0 aromatic carbocycles. The molecule has 0 radical (unpaired) electrons. The molecule has 1 rings (SSSR count). The van der Waals surface area contributed by atoms with E-state index in [2.05, 4.69) is 0 Å². The van der Waals surface area contributed by atoms with Crippen molar-refractivity contribution in [3.8, 4) is 0 Å². The summed E-state index contributed by atoms with van der Waals surface area (Å²) in [6.07, 6.45) is 0.334. The van der Waals surface area contributed by atoms with Gasteiger partial charge in [-0.25, -0.2) is 18.7 Å². The summed E-state index contributed by atoms with van der Waals surface area (Å²) < 4.78 is 46.1. The van der Waals surface area contributed by atoms with Crippen molar-refractivity contribution < 1.29 is 16.8 Å². The van der Waals surface area contributed by atoms with E-state index < -0.39 is 31.0 Å². The molecule has 4 N–H and O–H groups in total. The Morgan fingerprint density at radius 2 is 1.69 bits per heavy atom. The van der Waals surface area contributed by atoms with Crippen LogP contribution in [0.2, 0.25) is 0 Å². The van der Waals surface area contributed by atoms with Gasteiger partial charge in [0, 0.05) is 12.1 Å². The van der Waals surface area contributed by atoms with Gasteiger partial charge in [0.1, 0.15) is 0 Å². The molecule has 0 amide bonds. The van der Waals surface area contributed by atoms with Crippen molar-refractivity contribution in [2.45, 2.75) is 37.5 Å². The smallest absolute Gasteiger partial charge is 0.228 e. The van der Waals surface area contributed by atoms with Crippen LogP contribution in [0.4, 0.5) is 0 Å². The van der Waals surface area contributed by atoms with Crippen molar-refractivity contribution in [1.82, 2.24) is 4.31 Å². The van der Waals surface area contributed by atoms with Crippen LogP contribution in [-0.2, 0) is 20.2 Å². The molecule has 0 saturated carbocycles. The monoisotopic (exact) mass is 271 g/mol. The van der Waals surface area contributed by atoms with Crippen LogP contribution in [0.5, 0.6) is 0 Å². The Morgan fingerprint density at radius 3 is 2.00 bits per heavy atom. The fraction of sp³-hybridized carbons (Fsp3) is 1.00. The van der Waals surface area contributed by atoms with Gasteiger partial charge in [-0.2, -0.15) is 12.7 Å². The maximum Gasteiger partial charge on any atom is 0.277 e. The number of nitrogens with two attached hydrogens (primary N) is 2. The average Bonchev–Trinajstić information content (AvgIpc) is 1.97. The Bertz CT molecular complexity index is 468. The predicted molar refractivity (Wildman–Crippen MR) is 60.0 cm³/mol. The van der Waals surface area contributed by atoms with E-state index in [1.165, 1.54) is 0 Å². The van der Waals surface area contributed by atoms with Crippen LogP contribution in [0.15, 0.2) is 0 Å². The molecule has 9 heteroatoms. The lowest BCUT2D eigenvalue weighted by atomic mass is 9.93. The second-order valence-electron chi connectivity index (χ2n) is 4.63. The van der Waals surface area contributed by atoms with Crippen molar-refractivity contribution in [3.05, 3.63) is 0 Å². The fourth-order valence-electron chi connectivity index (χ4n) is 2.08. The maximum atomic E-state index is 11.3. The molecule has 0 aromatic heterocycles. The molecule has 0 aromatic rings. The van der Waals surface area contributed by atoms with E-state index in [1.54, 1.807) is 13.8 Å². The molecule has 1 unspecified atom stereocenters. The van der Waals surface area contributed by atoms with Crippen LogP contribution in [0.3, 0.4) is 0 Å². The van der Waals surface area contributed by atoms with E-state index in [0.29, 0.717) is 0 Å². The Balaban J connectivity index is 2.99. The van der Waals surface area contributed by atoms with Gasteiger partial charge in [0.2, 0.25) is 10.0 Å². The van der Waals surface area contributed by atoms with Gasteiger partial charge in [-0.15, -0.1) is 0 Å². The first-order chi connectivity index (χ1) is 6.94. The third-order valence-electron chi connectivity index (χ3n) is 2.83. The van der Waals surface area contributed by atoms with E-state index in [4.69, 9.17) is 10.3 Å². The van der Waals surface area contributed by atoms with Crippen LogP contribution in [0, 0.1) is 0 Å². The Hall–Kier alpha value is -0.220. The molecule has 1 fully saturated rings. The Labute approximate surface area is 96.0 Å². The summed E-state index contributed by atoms with van der Waals surface area (Å²) in [5, 5.41) is 9.41. The van der Waals surface area contributed by atoms with Gasteiger partial charge in [0.05, 0.1) is 5.25 Å². The van der Waals surface area contributed by atoms with Crippen molar-refractivity contribution in [3.63, 3.8) is 0 Å². The second-order valence-corrected chi connectivity index (χ2v) is 7.95. The molecule has 96 valence electrons. The molecular formula is C7H17N3O4S2. The Kier molecular flexibility index (Phi) is 3.39. The van der Waals surface area contributed by atoms with E-state index in [0.717, 1.165) is 4.31 Å². The highest BCUT2D eigenvalue weighted by Gasteiger charge is 2.43. The highest BCUT2D eigenvalue weighted by atomic mass is 32.2. The summed E-state index contributed by atoms with van der Waals surface area (Å²) in [4.78, 5) is 0. The third kappa shape index (κ3) is 2.92. The van der Waals surface area contributed by atoms with E-state index in [-0.39, 0.29) is 19.4 Å². The maximum absolute atomic E-state index is 11.3. The number of primary sulfonamides is 1. The second kappa shape index (κ2) is 3.91. The number of sulfonamides is 1. The molecule has 7 nitrogen and oxygen atoms in total. The molecular weight excluding hydrogens is 254 g/mol. The lowest BCUT2D eigenvalue weighted by Crippen LogP contribution is -2.57. The minimum atomic E-state index is -3.80. The third-order valence-corrected chi connectivity index (χ3v) is 5.45. The first-order valence-corrected chi connectivity index (χ1v) is 7.88. The van der Waals surface area contributed by atoms with Gasteiger partial charge in [-0.1, -0.05) is 0 Å². The lowest BCUT2D eigenvalue weighted by Gasteiger charge is -2.42. The number of rotatable bonds is 2. The fourth-order valence-corrected chi connectivity index (χ4v) is 4.27. The summed E-state index contributed by atoms with van der Waals surface area (Å²) in [6.45, 7) is 3.34. The zero-order valence-electron chi connectivity index (χ0n) is 9.25. The summed E-state index contributed by atoms with van der Waals surface area (Å²) in [6, 6.07) is 0. The van der Waals surface area contributed by atoms with E-state index >= 15 is 0 Å². The van der Waals surface area contributed by atoms with Gasteiger partial charge < -0.3 is 0 Å². The SMILES string of the molecule is CC1(C)CC(S(N)(=O)=O)CCN1S(N)(=O)=O. The normalized spacial score (nSPS) is 27.9. The molecule has 0 spiro atoms. The van der Waals surface area contributed by atoms with Crippen LogP contribution in [-0.4, -0.2) is 38.5 Å². The van der Waals surface area contributed by atoms with Crippen molar-refractivity contribution in [1.29, 1.82) is 0 Å². The zero-order valence-corrected chi connectivity index (χ0v) is 10.9. The average molecular weight is 271 g/mol. The van der Waals surface area contributed by atoms with E-state index in [9.17, 15) is 16.8 Å². The molecule has 1 atom stereocenters. The lowest BCUT2D eigenvalue weighted by molar-refractivity contribution is 0.171. The summed E-state index contributed by atoms with van der Waals surface area (Å²) in [5.74, 6) is 0. The molecule has 0 bridgehead atoms. The number of nitrogens with zero attached hydrogens (tertiary/aromatic N) is 1. The quantitative estimate of drug-likeness (QED) is 0.649.